The van der Waals surface area contributed by atoms with Crippen LogP contribution in [-0.2, 0) is 0 Å². The van der Waals surface area contributed by atoms with Crippen molar-refractivity contribution in [3.8, 4) is 11.6 Å². The number of carbonyl (C=O) groups excluding carboxylic acids is 1. The molecule has 7 heteroatoms. The van der Waals surface area contributed by atoms with Crippen LogP contribution < -0.4 is 10.1 Å². The lowest BCUT2D eigenvalue weighted by Crippen LogP contribution is -2.12. The van der Waals surface area contributed by atoms with Crippen molar-refractivity contribution in [2.75, 3.05) is 12.4 Å². The Morgan fingerprint density at radius 3 is 2.41 bits per heavy atom. The van der Waals surface area contributed by atoms with Gasteiger partial charge < -0.3 is 10.1 Å². The second-order valence-corrected chi connectivity index (χ2v) is 4.46. The van der Waals surface area contributed by atoms with Gasteiger partial charge in [-0.3, -0.25) is 9.36 Å². The van der Waals surface area contributed by atoms with Gasteiger partial charge in [-0.1, -0.05) is 0 Å². The van der Waals surface area contributed by atoms with Crippen LogP contribution in [0.3, 0.4) is 0 Å². The Morgan fingerprint density at radius 1 is 1.09 bits per heavy atom. The first-order valence-electron chi connectivity index (χ1n) is 6.53. The molecule has 110 valence electrons. The Kier molecular flexibility index (Phi) is 3.78. The maximum Gasteiger partial charge on any atom is 0.255 e. The van der Waals surface area contributed by atoms with E-state index >= 15 is 0 Å². The summed E-state index contributed by atoms with van der Waals surface area (Å²) in [7, 11) is 1.58. The highest BCUT2D eigenvalue weighted by Gasteiger charge is 2.07. The number of aromatic nitrogens is 4. The summed E-state index contributed by atoms with van der Waals surface area (Å²) in [4.78, 5) is 16.4. The average Bonchev–Trinajstić information content (AvgIpc) is 3.10. The first kappa shape index (κ1) is 13.7. The second kappa shape index (κ2) is 6.04. The quantitative estimate of drug-likeness (QED) is 0.795. The van der Waals surface area contributed by atoms with Gasteiger partial charge in [-0.2, -0.15) is 0 Å². The zero-order valence-electron chi connectivity index (χ0n) is 11.8. The van der Waals surface area contributed by atoms with Crippen LogP contribution >= 0.6 is 0 Å². The number of carbonyl (C=O) groups is 1. The predicted molar refractivity (Wildman–Crippen MR) is 80.1 cm³/mol. The first-order chi connectivity index (χ1) is 10.8. The van der Waals surface area contributed by atoms with Crippen LogP contribution in [-0.4, -0.2) is 32.8 Å². The van der Waals surface area contributed by atoms with Crippen LogP contribution in [0.15, 0.2) is 55.2 Å². The molecule has 0 aliphatic carbocycles. The van der Waals surface area contributed by atoms with Gasteiger partial charge in [0.1, 0.15) is 24.2 Å². The van der Waals surface area contributed by atoms with Crippen molar-refractivity contribution in [2.45, 2.75) is 0 Å². The number of benzene rings is 1. The zero-order valence-corrected chi connectivity index (χ0v) is 11.8. The molecule has 1 N–H and O–H groups in total. The molecule has 3 rings (SSSR count). The van der Waals surface area contributed by atoms with E-state index in [2.05, 4.69) is 20.5 Å². The summed E-state index contributed by atoms with van der Waals surface area (Å²) in [6.45, 7) is 0. The van der Waals surface area contributed by atoms with E-state index in [-0.39, 0.29) is 5.91 Å². The lowest BCUT2D eigenvalue weighted by Gasteiger charge is -2.07. The number of hydrogen-bond donors (Lipinski definition) is 1. The van der Waals surface area contributed by atoms with Gasteiger partial charge in [-0.05, 0) is 36.4 Å². The number of hydrogen-bond acceptors (Lipinski definition) is 5. The Morgan fingerprint density at radius 2 is 1.82 bits per heavy atom. The van der Waals surface area contributed by atoms with Gasteiger partial charge in [0.15, 0.2) is 0 Å². The number of rotatable bonds is 4. The topological polar surface area (TPSA) is 81.9 Å². The predicted octanol–water partition coefficient (Wildman–Crippen LogP) is 1.92. The van der Waals surface area contributed by atoms with Gasteiger partial charge in [0.25, 0.3) is 5.91 Å². The van der Waals surface area contributed by atoms with Crippen molar-refractivity contribution in [3.63, 3.8) is 0 Å². The van der Waals surface area contributed by atoms with Crippen LogP contribution in [0.5, 0.6) is 5.75 Å². The molecule has 7 nitrogen and oxygen atoms in total. The van der Waals surface area contributed by atoms with Crippen molar-refractivity contribution >= 4 is 11.6 Å². The van der Waals surface area contributed by atoms with Crippen molar-refractivity contribution < 1.29 is 9.53 Å². The summed E-state index contributed by atoms with van der Waals surface area (Å²) in [6, 6.07) is 10.4. The van der Waals surface area contributed by atoms with Crippen LogP contribution in [0.2, 0.25) is 0 Å². The number of ether oxygens (including phenoxy) is 1. The summed E-state index contributed by atoms with van der Waals surface area (Å²) >= 11 is 0. The molecule has 0 saturated heterocycles. The van der Waals surface area contributed by atoms with Crippen molar-refractivity contribution in [1.29, 1.82) is 0 Å². The fraction of sp³-hybridized carbons (Fsp3) is 0.0667. The summed E-state index contributed by atoms with van der Waals surface area (Å²) in [5.74, 6) is 1.17. The van der Waals surface area contributed by atoms with Gasteiger partial charge in [0.05, 0.1) is 19.0 Å². The maximum absolute atomic E-state index is 12.1. The van der Waals surface area contributed by atoms with E-state index in [4.69, 9.17) is 4.74 Å². The molecule has 3 aromatic rings. The molecule has 2 aromatic heterocycles. The molecule has 0 atom stereocenters. The molecule has 0 aliphatic heterocycles. The van der Waals surface area contributed by atoms with Gasteiger partial charge in [-0.15, -0.1) is 10.2 Å². The Labute approximate surface area is 126 Å². The molecular formula is C15H13N5O2. The molecule has 1 amide bonds. The smallest absolute Gasteiger partial charge is 0.255 e. The summed E-state index contributed by atoms with van der Waals surface area (Å²) in [5.41, 5.74) is 1.15. The number of anilines is 1. The molecule has 1 aromatic carbocycles. The summed E-state index contributed by atoms with van der Waals surface area (Å²) in [5, 5.41) is 10.2. The highest BCUT2D eigenvalue weighted by atomic mass is 16.5. The standard InChI is InChI=1S/C15H13N5O2/c1-22-13-5-2-11(3-6-13)15(21)19-12-4-7-14(16-8-12)20-9-17-18-10-20/h2-10H,1H3,(H,19,21). The molecule has 0 saturated carbocycles. The molecule has 2 heterocycles. The molecule has 0 spiro atoms. The largest absolute Gasteiger partial charge is 0.497 e. The SMILES string of the molecule is COc1ccc(C(=O)Nc2ccc(-n3cnnc3)nc2)cc1. The van der Waals surface area contributed by atoms with E-state index in [1.165, 1.54) is 0 Å². The van der Waals surface area contributed by atoms with Gasteiger partial charge in [0.2, 0.25) is 0 Å². The van der Waals surface area contributed by atoms with Crippen molar-refractivity contribution in [1.82, 2.24) is 19.7 Å². The maximum atomic E-state index is 12.1. The third kappa shape index (κ3) is 2.93. The fourth-order valence-electron chi connectivity index (χ4n) is 1.88. The van der Waals surface area contributed by atoms with Crippen LogP contribution in [0, 0.1) is 0 Å². The highest BCUT2D eigenvalue weighted by molar-refractivity contribution is 6.04. The van der Waals surface area contributed by atoms with Crippen LogP contribution in [0.1, 0.15) is 10.4 Å². The molecule has 0 fully saturated rings. The van der Waals surface area contributed by atoms with Gasteiger partial charge in [0, 0.05) is 5.56 Å². The third-order valence-electron chi connectivity index (χ3n) is 3.04. The molecule has 22 heavy (non-hydrogen) atoms. The van der Waals surface area contributed by atoms with Gasteiger partial charge >= 0.3 is 0 Å². The third-order valence-corrected chi connectivity index (χ3v) is 3.04. The van der Waals surface area contributed by atoms with E-state index in [9.17, 15) is 4.79 Å². The normalized spacial score (nSPS) is 10.2. The average molecular weight is 295 g/mol. The molecule has 0 aliphatic rings. The summed E-state index contributed by atoms with van der Waals surface area (Å²) < 4.78 is 6.74. The molecule has 0 radical (unpaired) electrons. The van der Waals surface area contributed by atoms with E-state index in [0.717, 1.165) is 0 Å². The Hall–Kier alpha value is -3.22. The van der Waals surface area contributed by atoms with Crippen molar-refractivity contribution in [2.24, 2.45) is 0 Å². The Balaban J connectivity index is 1.71. The number of nitrogens with one attached hydrogen (secondary N) is 1. The van der Waals surface area contributed by atoms with Crippen LogP contribution in [0.4, 0.5) is 5.69 Å². The van der Waals surface area contributed by atoms with E-state index < -0.39 is 0 Å². The van der Waals surface area contributed by atoms with Crippen molar-refractivity contribution in [3.05, 3.63) is 60.8 Å². The lowest BCUT2D eigenvalue weighted by molar-refractivity contribution is 0.102. The lowest BCUT2D eigenvalue weighted by atomic mass is 10.2. The Bertz CT molecular complexity index is 752. The van der Waals surface area contributed by atoms with E-state index in [1.54, 1.807) is 66.9 Å². The number of amides is 1. The fourth-order valence-corrected chi connectivity index (χ4v) is 1.88. The number of methoxy groups -OCH3 is 1. The van der Waals surface area contributed by atoms with Gasteiger partial charge in [-0.25, -0.2) is 4.98 Å². The minimum atomic E-state index is -0.207. The van der Waals surface area contributed by atoms with E-state index in [1.807, 2.05) is 0 Å². The second-order valence-electron chi connectivity index (χ2n) is 4.46. The van der Waals surface area contributed by atoms with E-state index in [0.29, 0.717) is 22.8 Å². The molecule has 0 bridgehead atoms. The monoisotopic (exact) mass is 295 g/mol. The minimum Gasteiger partial charge on any atom is -0.497 e. The first-order valence-corrected chi connectivity index (χ1v) is 6.53. The molecular weight excluding hydrogens is 282 g/mol. The number of nitrogens with zero attached hydrogens (tertiary/aromatic N) is 4. The number of pyridine rings is 1. The molecule has 0 unspecified atom stereocenters. The highest BCUT2D eigenvalue weighted by Crippen LogP contribution is 2.14. The zero-order chi connectivity index (χ0) is 15.4. The minimum absolute atomic E-state index is 0.207. The summed E-state index contributed by atoms with van der Waals surface area (Å²) in [6.07, 6.45) is 4.69. The van der Waals surface area contributed by atoms with Crippen LogP contribution in [0.25, 0.3) is 5.82 Å².